The lowest BCUT2D eigenvalue weighted by Gasteiger charge is -2.34. The molecule has 1 fully saturated rings. The van der Waals surface area contributed by atoms with E-state index in [-0.39, 0.29) is 18.3 Å². The summed E-state index contributed by atoms with van der Waals surface area (Å²) in [6, 6.07) is 7.75. The SMILES string of the molecule is COc1ccc([C@H]2OC[C@H](C)[C@H](/C=C(\C)c3coc(C)n3)O2)cc1. The van der Waals surface area contributed by atoms with Crippen molar-refractivity contribution < 1.29 is 18.6 Å². The van der Waals surface area contributed by atoms with Gasteiger partial charge in [-0.1, -0.05) is 25.1 Å². The van der Waals surface area contributed by atoms with Crippen molar-refractivity contribution in [2.75, 3.05) is 13.7 Å². The third-order valence-corrected chi connectivity index (χ3v) is 4.18. The molecule has 0 amide bonds. The molecule has 0 bridgehead atoms. The number of aryl methyl sites for hydroxylation is 1. The zero-order valence-corrected chi connectivity index (χ0v) is 14.5. The molecule has 0 radical (unpaired) electrons. The first-order chi connectivity index (χ1) is 11.6. The van der Waals surface area contributed by atoms with Gasteiger partial charge >= 0.3 is 0 Å². The molecule has 2 heterocycles. The molecule has 3 rings (SSSR count). The molecule has 0 N–H and O–H groups in total. The lowest BCUT2D eigenvalue weighted by Crippen LogP contribution is -2.33. The zero-order chi connectivity index (χ0) is 17.1. The minimum absolute atomic E-state index is 0.0390. The Labute approximate surface area is 142 Å². The summed E-state index contributed by atoms with van der Waals surface area (Å²) in [5.74, 6) is 1.74. The van der Waals surface area contributed by atoms with Crippen molar-refractivity contribution in [3.8, 4) is 5.75 Å². The lowest BCUT2D eigenvalue weighted by atomic mass is 10.0. The Morgan fingerprint density at radius 1 is 1.29 bits per heavy atom. The van der Waals surface area contributed by atoms with Crippen molar-refractivity contribution >= 4 is 5.57 Å². The third kappa shape index (κ3) is 3.68. The molecule has 0 saturated carbocycles. The van der Waals surface area contributed by atoms with Crippen LogP contribution in [0.4, 0.5) is 0 Å². The fraction of sp³-hybridized carbons (Fsp3) is 0.421. The topological polar surface area (TPSA) is 53.7 Å². The third-order valence-electron chi connectivity index (χ3n) is 4.18. The Bertz CT molecular complexity index is 704. The first-order valence-electron chi connectivity index (χ1n) is 8.08. The number of benzene rings is 1. The first-order valence-corrected chi connectivity index (χ1v) is 8.08. The van der Waals surface area contributed by atoms with E-state index in [0.29, 0.717) is 12.5 Å². The number of nitrogens with zero attached hydrogens (tertiary/aromatic N) is 1. The van der Waals surface area contributed by atoms with Crippen LogP contribution in [0, 0.1) is 12.8 Å². The molecule has 1 aliphatic heterocycles. The number of ether oxygens (including phenoxy) is 3. The summed E-state index contributed by atoms with van der Waals surface area (Å²) in [7, 11) is 1.65. The average molecular weight is 329 g/mol. The van der Waals surface area contributed by atoms with Gasteiger partial charge in [-0.3, -0.25) is 0 Å². The van der Waals surface area contributed by atoms with Gasteiger partial charge in [0.1, 0.15) is 17.7 Å². The Hall–Kier alpha value is -2.11. The minimum Gasteiger partial charge on any atom is -0.497 e. The monoisotopic (exact) mass is 329 g/mol. The number of aromatic nitrogens is 1. The number of allylic oxidation sites excluding steroid dienone is 1. The molecule has 24 heavy (non-hydrogen) atoms. The number of methoxy groups -OCH3 is 1. The standard InChI is InChI=1S/C19H23NO4/c1-12(17-11-22-14(3)20-17)9-18-13(2)10-23-19(24-18)15-5-7-16(21-4)8-6-15/h5-9,11,13,18-19H,10H2,1-4H3/b12-9+/t13-,18-,19-/m0/s1. The Morgan fingerprint density at radius 3 is 2.67 bits per heavy atom. The Kier molecular flexibility index (Phi) is 5.02. The second-order valence-corrected chi connectivity index (χ2v) is 6.12. The van der Waals surface area contributed by atoms with Crippen LogP contribution in [0.2, 0.25) is 0 Å². The summed E-state index contributed by atoms with van der Waals surface area (Å²) < 4.78 is 22.5. The van der Waals surface area contributed by atoms with Crippen LogP contribution in [-0.2, 0) is 9.47 Å². The van der Waals surface area contributed by atoms with Crippen LogP contribution in [0.1, 0.15) is 37.3 Å². The highest BCUT2D eigenvalue weighted by Crippen LogP contribution is 2.32. The summed E-state index contributed by atoms with van der Waals surface area (Å²) in [5.41, 5.74) is 2.87. The second kappa shape index (κ2) is 7.20. The lowest BCUT2D eigenvalue weighted by molar-refractivity contribution is -0.225. The van der Waals surface area contributed by atoms with Gasteiger partial charge in [0.05, 0.1) is 19.8 Å². The number of hydrogen-bond acceptors (Lipinski definition) is 5. The highest BCUT2D eigenvalue weighted by atomic mass is 16.7. The van der Waals surface area contributed by atoms with Crippen molar-refractivity contribution in [1.82, 2.24) is 4.98 Å². The molecule has 1 aromatic heterocycles. The summed E-state index contributed by atoms with van der Waals surface area (Å²) >= 11 is 0. The molecule has 0 aliphatic carbocycles. The first kappa shape index (κ1) is 16.7. The summed E-state index contributed by atoms with van der Waals surface area (Å²) in [6.45, 7) is 6.62. The minimum atomic E-state index is -0.375. The van der Waals surface area contributed by atoms with Crippen molar-refractivity contribution in [1.29, 1.82) is 0 Å². The van der Waals surface area contributed by atoms with Crippen molar-refractivity contribution in [3.05, 3.63) is 53.8 Å². The molecular formula is C19H23NO4. The molecule has 5 heteroatoms. The van der Waals surface area contributed by atoms with Crippen LogP contribution < -0.4 is 4.74 Å². The average Bonchev–Trinajstić information content (AvgIpc) is 3.03. The smallest absolute Gasteiger partial charge is 0.191 e. The maximum atomic E-state index is 6.16. The van der Waals surface area contributed by atoms with Gasteiger partial charge in [-0.2, -0.15) is 0 Å². The Morgan fingerprint density at radius 2 is 2.04 bits per heavy atom. The fourth-order valence-corrected chi connectivity index (χ4v) is 2.67. The van der Waals surface area contributed by atoms with E-state index in [1.54, 1.807) is 13.4 Å². The quantitative estimate of drug-likeness (QED) is 0.843. The summed E-state index contributed by atoms with van der Waals surface area (Å²) in [5, 5.41) is 0. The molecule has 0 spiro atoms. The van der Waals surface area contributed by atoms with Crippen LogP contribution in [0.15, 0.2) is 41.0 Å². The summed E-state index contributed by atoms with van der Waals surface area (Å²) in [6.07, 6.45) is 3.36. The maximum Gasteiger partial charge on any atom is 0.191 e. The summed E-state index contributed by atoms with van der Waals surface area (Å²) in [4.78, 5) is 4.36. The highest BCUT2D eigenvalue weighted by Gasteiger charge is 2.29. The predicted molar refractivity (Wildman–Crippen MR) is 90.6 cm³/mol. The molecule has 1 aliphatic rings. The molecule has 2 aromatic rings. The van der Waals surface area contributed by atoms with Gasteiger partial charge in [0.15, 0.2) is 12.2 Å². The van der Waals surface area contributed by atoms with Crippen molar-refractivity contribution in [2.45, 2.75) is 33.2 Å². The number of oxazole rings is 1. The van der Waals surface area contributed by atoms with Crippen LogP contribution >= 0.6 is 0 Å². The maximum absolute atomic E-state index is 6.16. The molecule has 128 valence electrons. The van der Waals surface area contributed by atoms with Crippen LogP contribution in [0.3, 0.4) is 0 Å². The van der Waals surface area contributed by atoms with Crippen molar-refractivity contribution in [3.63, 3.8) is 0 Å². The molecular weight excluding hydrogens is 306 g/mol. The number of hydrogen-bond donors (Lipinski definition) is 0. The van der Waals surface area contributed by atoms with E-state index in [2.05, 4.69) is 18.0 Å². The van der Waals surface area contributed by atoms with E-state index in [0.717, 1.165) is 22.6 Å². The molecule has 5 nitrogen and oxygen atoms in total. The van der Waals surface area contributed by atoms with Crippen LogP contribution in [0.25, 0.3) is 5.57 Å². The van der Waals surface area contributed by atoms with E-state index >= 15 is 0 Å². The van der Waals surface area contributed by atoms with E-state index in [1.807, 2.05) is 38.1 Å². The normalized spacial score (nSPS) is 24.8. The van der Waals surface area contributed by atoms with Gasteiger partial charge in [0, 0.05) is 18.4 Å². The fourth-order valence-electron chi connectivity index (χ4n) is 2.67. The van der Waals surface area contributed by atoms with Crippen molar-refractivity contribution in [2.24, 2.45) is 5.92 Å². The van der Waals surface area contributed by atoms with Crippen LogP contribution in [0.5, 0.6) is 5.75 Å². The largest absolute Gasteiger partial charge is 0.497 e. The van der Waals surface area contributed by atoms with E-state index in [1.165, 1.54) is 0 Å². The van der Waals surface area contributed by atoms with Gasteiger partial charge < -0.3 is 18.6 Å². The highest BCUT2D eigenvalue weighted by molar-refractivity contribution is 5.60. The van der Waals surface area contributed by atoms with Gasteiger partial charge in [-0.15, -0.1) is 0 Å². The van der Waals surface area contributed by atoms with E-state index < -0.39 is 0 Å². The zero-order valence-electron chi connectivity index (χ0n) is 14.5. The van der Waals surface area contributed by atoms with E-state index in [9.17, 15) is 0 Å². The molecule has 1 aromatic carbocycles. The van der Waals surface area contributed by atoms with Gasteiger partial charge in [-0.25, -0.2) is 4.98 Å². The second-order valence-electron chi connectivity index (χ2n) is 6.12. The molecule has 0 unspecified atom stereocenters. The van der Waals surface area contributed by atoms with Gasteiger partial charge in [0.2, 0.25) is 0 Å². The predicted octanol–water partition coefficient (Wildman–Crippen LogP) is 4.15. The molecule has 1 saturated heterocycles. The molecule has 3 atom stereocenters. The van der Waals surface area contributed by atoms with Gasteiger partial charge in [-0.05, 0) is 24.6 Å². The van der Waals surface area contributed by atoms with Crippen LogP contribution in [-0.4, -0.2) is 24.8 Å². The Balaban J connectivity index is 1.75. The number of rotatable bonds is 4. The van der Waals surface area contributed by atoms with Gasteiger partial charge in [0.25, 0.3) is 0 Å². The van der Waals surface area contributed by atoms with E-state index in [4.69, 9.17) is 18.6 Å².